The number of primary amides is 1. The molecule has 1 amide bonds. The van der Waals surface area contributed by atoms with Crippen molar-refractivity contribution in [2.24, 2.45) is 11.7 Å². The molecule has 0 radical (unpaired) electrons. The van der Waals surface area contributed by atoms with Gasteiger partial charge < -0.3 is 32.1 Å². The molecule has 0 spiro atoms. The average molecular weight is 418 g/mol. The second-order valence-corrected chi connectivity index (χ2v) is 7.06. The Morgan fingerprint density at radius 1 is 1.21 bits per heavy atom. The number of hydrogen-bond donors (Lipinski definition) is 6. The number of nitrogen functional groups attached to an aromatic ring is 1. The molecule has 0 bridgehead atoms. The number of aliphatic hydroxyl groups excluding tert-OH is 3. The van der Waals surface area contributed by atoms with Gasteiger partial charge in [0.25, 0.3) is 0 Å². The third kappa shape index (κ3) is 4.58. The van der Waals surface area contributed by atoms with Crippen molar-refractivity contribution >= 4 is 29.3 Å². The molecule has 8 N–H and O–H groups in total. The van der Waals surface area contributed by atoms with Gasteiger partial charge in [-0.15, -0.1) is 0 Å². The molecule has 1 aromatic heterocycles. The first kappa shape index (κ1) is 20.8. The largest absolute Gasteiger partial charge is 0.396 e. The van der Waals surface area contributed by atoms with E-state index in [0.29, 0.717) is 17.5 Å². The van der Waals surface area contributed by atoms with Crippen LogP contribution >= 0.6 is 11.6 Å². The minimum absolute atomic E-state index is 0.0213. The molecule has 0 saturated heterocycles. The molecule has 0 unspecified atom stereocenters. The number of amides is 1. The fourth-order valence-corrected chi connectivity index (χ4v) is 3.37. The number of nitrogens with one attached hydrogen (secondary N) is 1. The van der Waals surface area contributed by atoms with Crippen molar-refractivity contribution in [3.8, 4) is 11.8 Å². The van der Waals surface area contributed by atoms with Gasteiger partial charge in [-0.25, -0.2) is 0 Å². The number of halogens is 1. The van der Waals surface area contributed by atoms with E-state index in [-0.39, 0.29) is 29.1 Å². The summed E-state index contributed by atoms with van der Waals surface area (Å²) in [5.41, 5.74) is 12.1. The van der Waals surface area contributed by atoms with Crippen molar-refractivity contribution in [3.05, 3.63) is 46.1 Å². The van der Waals surface area contributed by atoms with Crippen LogP contribution in [0, 0.1) is 17.8 Å². The number of anilines is 2. The molecule has 1 aliphatic rings. The van der Waals surface area contributed by atoms with Gasteiger partial charge in [0, 0.05) is 23.7 Å². The first-order chi connectivity index (χ1) is 13.8. The van der Waals surface area contributed by atoms with Crippen LogP contribution in [0.15, 0.2) is 24.3 Å². The minimum atomic E-state index is -1.11. The van der Waals surface area contributed by atoms with E-state index >= 15 is 0 Å². The summed E-state index contributed by atoms with van der Waals surface area (Å²) in [4.78, 5) is 19.2. The standard InChI is InChI=1S/C19H20ClN5O4/c20-16-12(6-3-9-1-4-10(5-2-9)17(21)29)18(25-19(22)24-16)23-13-7-11(8-26)14(27)15(13)28/h1-2,4-5,11,13-15,26-28H,7-8H2,(H2,21,29)(H3,22,23,24,25)/t11-,13-,14-,15+/m1/s1. The summed E-state index contributed by atoms with van der Waals surface area (Å²) in [7, 11) is 0. The van der Waals surface area contributed by atoms with E-state index in [0.717, 1.165) is 0 Å². The lowest BCUT2D eigenvalue weighted by molar-refractivity contribution is 0.00445. The molecule has 2 aromatic rings. The molecule has 3 rings (SSSR count). The zero-order chi connectivity index (χ0) is 21.1. The van der Waals surface area contributed by atoms with Crippen LogP contribution in [0.3, 0.4) is 0 Å². The molecular weight excluding hydrogens is 398 g/mol. The third-order valence-electron chi connectivity index (χ3n) is 4.74. The average Bonchev–Trinajstić information content (AvgIpc) is 2.95. The molecule has 0 aliphatic heterocycles. The molecule has 1 heterocycles. The highest BCUT2D eigenvalue weighted by molar-refractivity contribution is 6.31. The summed E-state index contributed by atoms with van der Waals surface area (Å²) in [6.07, 6.45) is -1.85. The first-order valence-electron chi connectivity index (χ1n) is 8.78. The van der Waals surface area contributed by atoms with E-state index in [9.17, 15) is 20.1 Å². The van der Waals surface area contributed by atoms with Gasteiger partial charge in [0.1, 0.15) is 17.5 Å². The van der Waals surface area contributed by atoms with Crippen LogP contribution in [0.2, 0.25) is 5.15 Å². The summed E-state index contributed by atoms with van der Waals surface area (Å²) in [6, 6.07) is 5.79. The Bertz CT molecular complexity index is 973. The number of benzene rings is 1. The maximum Gasteiger partial charge on any atom is 0.248 e. The van der Waals surface area contributed by atoms with Crippen LogP contribution < -0.4 is 16.8 Å². The highest BCUT2D eigenvalue weighted by atomic mass is 35.5. The molecule has 9 nitrogen and oxygen atoms in total. The predicted molar refractivity (Wildman–Crippen MR) is 107 cm³/mol. The van der Waals surface area contributed by atoms with Gasteiger partial charge in [0.05, 0.1) is 12.1 Å². The first-order valence-corrected chi connectivity index (χ1v) is 9.16. The minimum Gasteiger partial charge on any atom is -0.396 e. The summed E-state index contributed by atoms with van der Waals surface area (Å²) < 4.78 is 0. The Kier molecular flexibility index (Phi) is 6.20. The van der Waals surface area contributed by atoms with Crippen LogP contribution in [-0.4, -0.2) is 56.1 Å². The maximum absolute atomic E-state index is 11.2. The topological polar surface area (TPSA) is 168 Å². The van der Waals surface area contributed by atoms with Gasteiger partial charge in [0.15, 0.2) is 5.15 Å². The van der Waals surface area contributed by atoms with E-state index in [1.54, 1.807) is 24.3 Å². The molecule has 152 valence electrons. The van der Waals surface area contributed by atoms with Crippen molar-refractivity contribution in [2.45, 2.75) is 24.7 Å². The molecule has 1 fully saturated rings. The fourth-order valence-electron chi connectivity index (χ4n) is 3.14. The number of carbonyl (C=O) groups is 1. The number of aliphatic hydroxyl groups is 3. The van der Waals surface area contributed by atoms with Crippen molar-refractivity contribution < 1.29 is 20.1 Å². The van der Waals surface area contributed by atoms with Gasteiger partial charge in [-0.2, -0.15) is 9.97 Å². The molecule has 1 aliphatic carbocycles. The Labute approximate surface area is 171 Å². The lowest BCUT2D eigenvalue weighted by Gasteiger charge is -2.19. The van der Waals surface area contributed by atoms with Gasteiger partial charge in [0.2, 0.25) is 11.9 Å². The second kappa shape index (κ2) is 8.63. The van der Waals surface area contributed by atoms with Gasteiger partial charge >= 0.3 is 0 Å². The number of nitrogens with two attached hydrogens (primary N) is 2. The number of rotatable bonds is 4. The molecule has 10 heteroatoms. The fraction of sp³-hybridized carbons (Fsp3) is 0.316. The molecular formula is C19H20ClN5O4. The maximum atomic E-state index is 11.2. The zero-order valence-electron chi connectivity index (χ0n) is 15.2. The molecule has 29 heavy (non-hydrogen) atoms. The Hall–Kier alpha value is -2.90. The van der Waals surface area contributed by atoms with Crippen LogP contribution in [0.25, 0.3) is 0 Å². The van der Waals surface area contributed by atoms with Crippen molar-refractivity contribution in [2.75, 3.05) is 17.7 Å². The number of hydrogen-bond acceptors (Lipinski definition) is 8. The van der Waals surface area contributed by atoms with Gasteiger partial charge in [-0.05, 0) is 30.7 Å². The van der Waals surface area contributed by atoms with Crippen molar-refractivity contribution in [3.63, 3.8) is 0 Å². The van der Waals surface area contributed by atoms with Gasteiger partial charge in [-0.1, -0.05) is 23.4 Å². The highest BCUT2D eigenvalue weighted by Gasteiger charge is 2.41. The summed E-state index contributed by atoms with van der Waals surface area (Å²) >= 11 is 6.19. The number of aromatic nitrogens is 2. The van der Waals surface area contributed by atoms with Crippen molar-refractivity contribution in [1.82, 2.24) is 9.97 Å². The van der Waals surface area contributed by atoms with Crippen LogP contribution in [0.4, 0.5) is 11.8 Å². The Morgan fingerprint density at radius 3 is 2.48 bits per heavy atom. The molecule has 4 atom stereocenters. The van der Waals surface area contributed by atoms with E-state index in [4.69, 9.17) is 23.1 Å². The predicted octanol–water partition coefficient (Wildman–Crippen LogP) is -0.275. The van der Waals surface area contributed by atoms with Crippen LogP contribution in [0.5, 0.6) is 0 Å². The normalized spacial score (nSPS) is 23.3. The smallest absolute Gasteiger partial charge is 0.248 e. The summed E-state index contributed by atoms with van der Waals surface area (Å²) in [5.74, 6) is 4.88. The van der Waals surface area contributed by atoms with E-state index in [1.807, 2.05) is 0 Å². The Morgan fingerprint density at radius 2 is 1.90 bits per heavy atom. The quantitative estimate of drug-likeness (QED) is 0.292. The SMILES string of the molecule is NC(=O)c1ccc(C#Cc2c(Cl)nc(N)nc2N[C@@H]2C[C@H](CO)[C@@H](O)[C@H]2O)cc1. The lowest BCUT2D eigenvalue weighted by atomic mass is 10.1. The monoisotopic (exact) mass is 417 g/mol. The van der Waals surface area contributed by atoms with E-state index in [2.05, 4.69) is 27.1 Å². The van der Waals surface area contributed by atoms with Crippen molar-refractivity contribution in [1.29, 1.82) is 0 Å². The number of carbonyl (C=O) groups excluding carboxylic acids is 1. The second-order valence-electron chi connectivity index (χ2n) is 6.70. The summed E-state index contributed by atoms with van der Waals surface area (Å²) in [5, 5.41) is 32.6. The highest BCUT2D eigenvalue weighted by Crippen LogP contribution is 2.30. The van der Waals surface area contributed by atoms with Crippen LogP contribution in [0.1, 0.15) is 27.9 Å². The third-order valence-corrected chi connectivity index (χ3v) is 5.02. The molecule has 1 saturated carbocycles. The zero-order valence-corrected chi connectivity index (χ0v) is 16.0. The number of nitrogens with zero attached hydrogens (tertiary/aromatic N) is 2. The molecule has 1 aromatic carbocycles. The van der Waals surface area contributed by atoms with E-state index < -0.39 is 30.1 Å². The Balaban J connectivity index is 1.89. The van der Waals surface area contributed by atoms with Gasteiger partial charge in [-0.3, -0.25) is 4.79 Å². The van der Waals surface area contributed by atoms with E-state index in [1.165, 1.54) is 0 Å². The summed E-state index contributed by atoms with van der Waals surface area (Å²) in [6.45, 7) is -0.253. The lowest BCUT2D eigenvalue weighted by Crippen LogP contribution is -2.35. The van der Waals surface area contributed by atoms with Crippen LogP contribution in [-0.2, 0) is 0 Å².